The summed E-state index contributed by atoms with van der Waals surface area (Å²) < 4.78 is 16.3. The Morgan fingerprint density at radius 2 is 1.83 bits per heavy atom. The average molecular weight is 481 g/mol. The van der Waals surface area contributed by atoms with Crippen LogP contribution in [0.5, 0.6) is 5.75 Å². The largest absolute Gasteiger partial charge is 0.484 e. The van der Waals surface area contributed by atoms with Crippen LogP contribution in [0.2, 0.25) is 0 Å². The second-order valence-corrected chi connectivity index (χ2v) is 8.34. The standard InChI is InChI=1S/C26H28N2O7/c1-2-33-26(32)18-10-12-19(13-11-18)28-23(29)15-22(25(28)31)27(16-21-9-6-14-34-21)24(30)17-35-20-7-4-3-5-8-20/h3-5,7-8,10-13,21-22H,2,6,9,14-17H2,1H3. The highest BCUT2D eigenvalue weighted by molar-refractivity contribution is 6.23. The number of ether oxygens (including phenoxy) is 3. The van der Waals surface area contributed by atoms with Crippen LogP contribution >= 0.6 is 0 Å². The van der Waals surface area contributed by atoms with Crippen molar-refractivity contribution in [3.05, 3.63) is 60.2 Å². The Bertz CT molecular complexity index is 1060. The van der Waals surface area contributed by atoms with Gasteiger partial charge in [-0.1, -0.05) is 18.2 Å². The Morgan fingerprint density at radius 1 is 1.09 bits per heavy atom. The van der Waals surface area contributed by atoms with Crippen molar-refractivity contribution in [3.63, 3.8) is 0 Å². The number of esters is 1. The van der Waals surface area contributed by atoms with Gasteiger partial charge in [-0.05, 0) is 56.2 Å². The first-order valence-electron chi connectivity index (χ1n) is 11.7. The lowest BCUT2D eigenvalue weighted by Crippen LogP contribution is -2.50. The maximum atomic E-state index is 13.4. The monoisotopic (exact) mass is 480 g/mol. The molecule has 2 aliphatic rings. The minimum atomic E-state index is -0.955. The molecule has 2 aliphatic heterocycles. The zero-order valence-corrected chi connectivity index (χ0v) is 19.6. The fourth-order valence-electron chi connectivity index (χ4n) is 4.25. The molecule has 2 aromatic carbocycles. The van der Waals surface area contributed by atoms with Gasteiger partial charge in [-0.2, -0.15) is 0 Å². The number of hydrogen-bond donors (Lipinski definition) is 0. The lowest BCUT2D eigenvalue weighted by molar-refractivity contribution is -0.141. The smallest absolute Gasteiger partial charge is 0.338 e. The quantitative estimate of drug-likeness (QED) is 0.402. The van der Waals surface area contributed by atoms with E-state index in [0.29, 0.717) is 23.6 Å². The number of para-hydroxylation sites is 1. The third-order valence-electron chi connectivity index (χ3n) is 5.99. The molecule has 0 N–H and O–H groups in total. The topological polar surface area (TPSA) is 102 Å². The molecule has 9 nitrogen and oxygen atoms in total. The number of benzene rings is 2. The summed E-state index contributed by atoms with van der Waals surface area (Å²) in [7, 11) is 0. The van der Waals surface area contributed by atoms with Gasteiger partial charge in [-0.3, -0.25) is 14.4 Å². The molecule has 4 rings (SSSR count). The second kappa shape index (κ2) is 11.1. The van der Waals surface area contributed by atoms with E-state index in [1.54, 1.807) is 31.2 Å². The van der Waals surface area contributed by atoms with E-state index >= 15 is 0 Å². The number of amides is 3. The van der Waals surface area contributed by atoms with E-state index < -0.39 is 29.7 Å². The molecule has 0 bridgehead atoms. The van der Waals surface area contributed by atoms with E-state index in [0.717, 1.165) is 17.7 Å². The van der Waals surface area contributed by atoms with Gasteiger partial charge >= 0.3 is 5.97 Å². The first-order chi connectivity index (χ1) is 17.0. The molecular formula is C26H28N2O7. The van der Waals surface area contributed by atoms with Gasteiger partial charge in [-0.15, -0.1) is 0 Å². The van der Waals surface area contributed by atoms with Gasteiger partial charge in [0.1, 0.15) is 11.8 Å². The van der Waals surface area contributed by atoms with Gasteiger partial charge in [-0.25, -0.2) is 9.69 Å². The molecule has 0 radical (unpaired) electrons. The molecule has 3 amide bonds. The number of carbonyl (C=O) groups excluding carboxylic acids is 4. The summed E-state index contributed by atoms with van der Waals surface area (Å²) in [6, 6.07) is 14.0. The molecule has 2 aromatic rings. The summed E-state index contributed by atoms with van der Waals surface area (Å²) in [6.45, 7) is 2.50. The number of imide groups is 1. The van der Waals surface area contributed by atoms with Gasteiger partial charge in [0.05, 0.1) is 30.4 Å². The lowest BCUT2D eigenvalue weighted by atomic mass is 10.1. The van der Waals surface area contributed by atoms with Crippen molar-refractivity contribution in [1.29, 1.82) is 0 Å². The Kier molecular flexibility index (Phi) is 7.77. The summed E-state index contributed by atoms with van der Waals surface area (Å²) in [5.74, 6) is -1.25. The van der Waals surface area contributed by atoms with Crippen molar-refractivity contribution in [2.45, 2.75) is 38.3 Å². The Morgan fingerprint density at radius 3 is 2.49 bits per heavy atom. The summed E-state index contributed by atoms with van der Waals surface area (Å²) in [4.78, 5) is 53.8. The Balaban J connectivity index is 1.50. The van der Waals surface area contributed by atoms with Crippen LogP contribution in [0.3, 0.4) is 0 Å². The first-order valence-corrected chi connectivity index (χ1v) is 11.7. The highest BCUT2D eigenvalue weighted by atomic mass is 16.5. The predicted octanol–water partition coefficient (Wildman–Crippen LogP) is 2.58. The molecule has 9 heteroatoms. The zero-order valence-electron chi connectivity index (χ0n) is 19.6. The molecule has 2 fully saturated rings. The molecule has 184 valence electrons. The minimum absolute atomic E-state index is 0.137. The predicted molar refractivity (Wildman–Crippen MR) is 126 cm³/mol. The van der Waals surface area contributed by atoms with E-state index in [2.05, 4.69) is 0 Å². The number of hydrogen-bond acceptors (Lipinski definition) is 7. The van der Waals surface area contributed by atoms with Gasteiger partial charge in [0, 0.05) is 13.2 Å². The summed E-state index contributed by atoms with van der Waals surface area (Å²) >= 11 is 0. The van der Waals surface area contributed by atoms with Crippen molar-refractivity contribution in [2.24, 2.45) is 0 Å². The van der Waals surface area contributed by atoms with Gasteiger partial charge in [0.25, 0.3) is 11.8 Å². The molecule has 0 spiro atoms. The van der Waals surface area contributed by atoms with E-state index in [1.807, 2.05) is 6.07 Å². The van der Waals surface area contributed by atoms with Crippen LogP contribution in [0.1, 0.15) is 36.5 Å². The molecule has 0 saturated carbocycles. The molecule has 2 atom stereocenters. The lowest BCUT2D eigenvalue weighted by Gasteiger charge is -2.29. The molecule has 2 unspecified atom stereocenters. The maximum Gasteiger partial charge on any atom is 0.338 e. The van der Waals surface area contributed by atoms with Crippen LogP contribution < -0.4 is 9.64 Å². The van der Waals surface area contributed by atoms with E-state index in [9.17, 15) is 19.2 Å². The normalized spacial score (nSPS) is 19.6. The van der Waals surface area contributed by atoms with Crippen molar-refractivity contribution in [2.75, 3.05) is 31.3 Å². The van der Waals surface area contributed by atoms with Gasteiger partial charge in [0.15, 0.2) is 6.61 Å². The van der Waals surface area contributed by atoms with Crippen LogP contribution in [-0.4, -0.2) is 67.1 Å². The van der Waals surface area contributed by atoms with Crippen LogP contribution in [0.15, 0.2) is 54.6 Å². The maximum absolute atomic E-state index is 13.4. The van der Waals surface area contributed by atoms with E-state index in [4.69, 9.17) is 14.2 Å². The van der Waals surface area contributed by atoms with E-state index in [-0.39, 0.29) is 32.3 Å². The fraction of sp³-hybridized carbons (Fsp3) is 0.385. The number of nitrogens with zero attached hydrogens (tertiary/aromatic N) is 2. The molecule has 0 aliphatic carbocycles. The highest BCUT2D eigenvalue weighted by Gasteiger charge is 2.45. The summed E-state index contributed by atoms with van der Waals surface area (Å²) in [6.07, 6.45) is 1.32. The number of anilines is 1. The van der Waals surface area contributed by atoms with Crippen LogP contribution in [-0.2, 0) is 23.9 Å². The molecule has 0 aromatic heterocycles. The Hall–Kier alpha value is -3.72. The molecular weight excluding hydrogens is 452 g/mol. The third-order valence-corrected chi connectivity index (χ3v) is 5.99. The molecule has 2 saturated heterocycles. The van der Waals surface area contributed by atoms with Crippen molar-refractivity contribution < 1.29 is 33.4 Å². The zero-order chi connectivity index (χ0) is 24.8. The van der Waals surface area contributed by atoms with Crippen molar-refractivity contribution in [1.82, 2.24) is 4.90 Å². The summed E-state index contributed by atoms with van der Waals surface area (Å²) in [5, 5.41) is 0. The fourth-order valence-corrected chi connectivity index (χ4v) is 4.25. The van der Waals surface area contributed by atoms with Crippen LogP contribution in [0.25, 0.3) is 0 Å². The third kappa shape index (κ3) is 5.68. The molecule has 2 heterocycles. The van der Waals surface area contributed by atoms with Crippen molar-refractivity contribution >= 4 is 29.4 Å². The van der Waals surface area contributed by atoms with Gasteiger partial charge in [0.2, 0.25) is 5.91 Å². The van der Waals surface area contributed by atoms with Crippen molar-refractivity contribution in [3.8, 4) is 5.75 Å². The highest BCUT2D eigenvalue weighted by Crippen LogP contribution is 2.28. The molecule has 35 heavy (non-hydrogen) atoms. The minimum Gasteiger partial charge on any atom is -0.484 e. The number of rotatable bonds is 9. The van der Waals surface area contributed by atoms with Crippen LogP contribution in [0, 0.1) is 0 Å². The van der Waals surface area contributed by atoms with Crippen LogP contribution in [0.4, 0.5) is 5.69 Å². The van der Waals surface area contributed by atoms with E-state index in [1.165, 1.54) is 29.2 Å². The Labute approximate surface area is 203 Å². The SMILES string of the molecule is CCOC(=O)c1ccc(N2C(=O)CC(N(CC3CCCO3)C(=O)COc3ccccc3)C2=O)cc1. The first kappa shape index (κ1) is 24.4. The average Bonchev–Trinajstić information content (AvgIpc) is 3.49. The second-order valence-electron chi connectivity index (χ2n) is 8.34. The summed E-state index contributed by atoms with van der Waals surface area (Å²) in [5.41, 5.74) is 0.653. The number of carbonyl (C=O) groups is 4. The van der Waals surface area contributed by atoms with Gasteiger partial charge < -0.3 is 19.1 Å².